The molecule has 152 valence electrons. The number of ether oxygens (including phenoxy) is 1. The number of hydrogen-bond donors (Lipinski definition) is 1. The topological polar surface area (TPSA) is 81.9 Å². The molecule has 0 unspecified atom stereocenters. The van der Waals surface area contributed by atoms with Crippen LogP contribution in [0.2, 0.25) is 0 Å². The predicted molar refractivity (Wildman–Crippen MR) is 115 cm³/mol. The van der Waals surface area contributed by atoms with E-state index in [4.69, 9.17) is 4.74 Å². The Hall–Kier alpha value is -2.87. The van der Waals surface area contributed by atoms with Crippen molar-refractivity contribution in [2.75, 3.05) is 18.2 Å². The van der Waals surface area contributed by atoms with Gasteiger partial charge in [0.2, 0.25) is 5.91 Å². The van der Waals surface area contributed by atoms with Crippen LogP contribution in [0.15, 0.2) is 47.9 Å². The Balaban J connectivity index is 1.68. The van der Waals surface area contributed by atoms with E-state index in [0.717, 1.165) is 17.0 Å². The quantitative estimate of drug-likeness (QED) is 0.559. The monoisotopic (exact) mass is 411 g/mol. The van der Waals surface area contributed by atoms with E-state index in [0.29, 0.717) is 29.1 Å². The minimum atomic E-state index is -0.123. The number of rotatable bonds is 8. The molecule has 7 nitrogen and oxygen atoms in total. The number of pyridine rings is 1. The van der Waals surface area contributed by atoms with Gasteiger partial charge in [-0.3, -0.25) is 9.78 Å². The van der Waals surface area contributed by atoms with Gasteiger partial charge < -0.3 is 14.6 Å². The van der Waals surface area contributed by atoms with Crippen molar-refractivity contribution in [3.8, 4) is 17.1 Å². The molecule has 0 aliphatic rings. The Kier molecular flexibility index (Phi) is 6.87. The summed E-state index contributed by atoms with van der Waals surface area (Å²) in [5, 5.41) is 12.2. The Bertz CT molecular complexity index is 972. The summed E-state index contributed by atoms with van der Waals surface area (Å²) in [6.45, 7) is 6.97. The van der Waals surface area contributed by atoms with Crippen LogP contribution in [0, 0.1) is 0 Å². The Morgan fingerprint density at radius 1 is 1.21 bits per heavy atom. The van der Waals surface area contributed by atoms with Crippen LogP contribution in [0.25, 0.3) is 11.4 Å². The number of carbonyl (C=O) groups is 1. The van der Waals surface area contributed by atoms with Crippen LogP contribution in [0.1, 0.15) is 32.3 Å². The van der Waals surface area contributed by atoms with E-state index in [9.17, 15) is 4.79 Å². The van der Waals surface area contributed by atoms with Crippen LogP contribution in [-0.2, 0) is 11.3 Å². The highest BCUT2D eigenvalue weighted by Crippen LogP contribution is 2.29. The number of aromatic nitrogens is 4. The zero-order valence-electron chi connectivity index (χ0n) is 17.0. The predicted octanol–water partition coefficient (Wildman–Crippen LogP) is 4.22. The second-order valence-electron chi connectivity index (χ2n) is 6.74. The SMILES string of the molecule is CCn1c(SCC(=O)Nc2ccc(C(C)C)cc2OC)nnc1-c1ccncc1. The van der Waals surface area contributed by atoms with Gasteiger partial charge in [0, 0.05) is 24.5 Å². The molecule has 2 aromatic heterocycles. The summed E-state index contributed by atoms with van der Waals surface area (Å²) in [6.07, 6.45) is 3.45. The van der Waals surface area contributed by atoms with Crippen molar-refractivity contribution in [2.24, 2.45) is 0 Å². The van der Waals surface area contributed by atoms with E-state index in [1.165, 1.54) is 11.8 Å². The molecule has 0 atom stereocenters. The zero-order chi connectivity index (χ0) is 20.8. The van der Waals surface area contributed by atoms with Gasteiger partial charge in [-0.2, -0.15) is 0 Å². The third kappa shape index (κ3) is 4.95. The summed E-state index contributed by atoms with van der Waals surface area (Å²) in [5.41, 5.74) is 2.77. The van der Waals surface area contributed by atoms with Crippen LogP contribution in [0.3, 0.4) is 0 Å². The summed E-state index contributed by atoms with van der Waals surface area (Å²) < 4.78 is 7.43. The number of hydrogen-bond acceptors (Lipinski definition) is 6. The largest absolute Gasteiger partial charge is 0.495 e. The van der Waals surface area contributed by atoms with Crippen molar-refractivity contribution >= 4 is 23.4 Å². The lowest BCUT2D eigenvalue weighted by Gasteiger charge is -2.13. The normalized spacial score (nSPS) is 10.9. The molecule has 0 spiro atoms. The first-order valence-corrected chi connectivity index (χ1v) is 10.5. The summed E-state index contributed by atoms with van der Waals surface area (Å²) >= 11 is 1.36. The van der Waals surface area contributed by atoms with Crippen LogP contribution >= 0.6 is 11.8 Å². The molecule has 8 heteroatoms. The molecule has 0 aliphatic carbocycles. The zero-order valence-corrected chi connectivity index (χ0v) is 17.9. The molecule has 0 fully saturated rings. The van der Waals surface area contributed by atoms with Crippen LogP contribution in [0.4, 0.5) is 5.69 Å². The van der Waals surface area contributed by atoms with Crippen molar-refractivity contribution < 1.29 is 9.53 Å². The number of methoxy groups -OCH3 is 1. The highest BCUT2D eigenvalue weighted by molar-refractivity contribution is 7.99. The van der Waals surface area contributed by atoms with Gasteiger partial charge in [-0.1, -0.05) is 31.7 Å². The van der Waals surface area contributed by atoms with E-state index < -0.39 is 0 Å². The number of thioether (sulfide) groups is 1. The van der Waals surface area contributed by atoms with E-state index in [1.54, 1.807) is 19.5 Å². The first-order valence-electron chi connectivity index (χ1n) is 9.47. The van der Waals surface area contributed by atoms with Gasteiger partial charge in [0.15, 0.2) is 11.0 Å². The number of anilines is 1. The maximum atomic E-state index is 12.5. The molecule has 0 radical (unpaired) electrons. The first kappa shape index (κ1) is 20.9. The molecule has 1 aromatic carbocycles. The summed E-state index contributed by atoms with van der Waals surface area (Å²) in [6, 6.07) is 9.63. The number of amides is 1. The van der Waals surface area contributed by atoms with Gasteiger partial charge in [-0.25, -0.2) is 0 Å². The highest BCUT2D eigenvalue weighted by Gasteiger charge is 2.15. The lowest BCUT2D eigenvalue weighted by molar-refractivity contribution is -0.113. The van der Waals surface area contributed by atoms with Crippen molar-refractivity contribution in [2.45, 2.75) is 38.4 Å². The summed E-state index contributed by atoms with van der Waals surface area (Å²) in [4.78, 5) is 16.5. The Labute approximate surface area is 174 Å². The highest BCUT2D eigenvalue weighted by atomic mass is 32.2. The van der Waals surface area contributed by atoms with E-state index in [2.05, 4.69) is 34.3 Å². The van der Waals surface area contributed by atoms with Gasteiger partial charge in [0.05, 0.1) is 18.6 Å². The maximum absolute atomic E-state index is 12.5. The second kappa shape index (κ2) is 9.56. The third-order valence-electron chi connectivity index (χ3n) is 4.47. The lowest BCUT2D eigenvalue weighted by Crippen LogP contribution is -2.15. The van der Waals surface area contributed by atoms with Gasteiger partial charge in [0.25, 0.3) is 0 Å². The van der Waals surface area contributed by atoms with Crippen molar-refractivity contribution in [1.82, 2.24) is 19.7 Å². The molecule has 0 bridgehead atoms. The van der Waals surface area contributed by atoms with Gasteiger partial charge in [-0.15, -0.1) is 10.2 Å². The third-order valence-corrected chi connectivity index (χ3v) is 5.44. The van der Waals surface area contributed by atoms with E-state index >= 15 is 0 Å². The van der Waals surface area contributed by atoms with Crippen LogP contribution < -0.4 is 10.1 Å². The standard InChI is InChI=1S/C21H25N5O2S/c1-5-26-20(15-8-10-22-11-9-15)24-25-21(26)29-13-19(27)23-17-7-6-16(14(2)3)12-18(17)28-4/h6-12,14H,5,13H2,1-4H3,(H,23,27). The fourth-order valence-corrected chi connectivity index (χ4v) is 3.68. The molecule has 1 N–H and O–H groups in total. The Morgan fingerprint density at radius 2 is 1.97 bits per heavy atom. The minimum absolute atomic E-state index is 0.123. The van der Waals surface area contributed by atoms with Crippen molar-refractivity contribution in [3.05, 3.63) is 48.3 Å². The number of carbonyl (C=O) groups excluding carboxylic acids is 1. The summed E-state index contributed by atoms with van der Waals surface area (Å²) in [7, 11) is 1.61. The lowest BCUT2D eigenvalue weighted by atomic mass is 10.0. The summed E-state index contributed by atoms with van der Waals surface area (Å²) in [5.74, 6) is 1.92. The van der Waals surface area contributed by atoms with Gasteiger partial charge in [-0.05, 0) is 42.7 Å². The fraction of sp³-hybridized carbons (Fsp3) is 0.333. The number of nitrogens with zero attached hydrogens (tertiary/aromatic N) is 4. The number of nitrogens with one attached hydrogen (secondary N) is 1. The van der Waals surface area contributed by atoms with Gasteiger partial charge >= 0.3 is 0 Å². The molecule has 0 saturated carbocycles. The molecule has 29 heavy (non-hydrogen) atoms. The number of benzene rings is 1. The van der Waals surface area contributed by atoms with Crippen molar-refractivity contribution in [3.63, 3.8) is 0 Å². The first-order chi connectivity index (χ1) is 14.0. The second-order valence-corrected chi connectivity index (χ2v) is 7.68. The fourth-order valence-electron chi connectivity index (χ4n) is 2.88. The van der Waals surface area contributed by atoms with E-state index in [1.807, 2.05) is 41.8 Å². The van der Waals surface area contributed by atoms with Crippen LogP contribution in [-0.4, -0.2) is 38.5 Å². The molecular weight excluding hydrogens is 386 g/mol. The average Bonchev–Trinajstić information content (AvgIpc) is 3.16. The molecule has 0 aliphatic heterocycles. The van der Waals surface area contributed by atoms with Crippen LogP contribution in [0.5, 0.6) is 5.75 Å². The molecule has 0 saturated heterocycles. The minimum Gasteiger partial charge on any atom is -0.495 e. The van der Waals surface area contributed by atoms with Gasteiger partial charge in [0.1, 0.15) is 5.75 Å². The molecule has 3 aromatic rings. The van der Waals surface area contributed by atoms with E-state index in [-0.39, 0.29) is 11.7 Å². The average molecular weight is 412 g/mol. The maximum Gasteiger partial charge on any atom is 0.234 e. The molecule has 1 amide bonds. The molecule has 3 rings (SSSR count). The van der Waals surface area contributed by atoms with Crippen molar-refractivity contribution in [1.29, 1.82) is 0 Å². The smallest absolute Gasteiger partial charge is 0.234 e. The molecular formula is C21H25N5O2S. The Morgan fingerprint density at radius 3 is 2.62 bits per heavy atom. The molecule has 2 heterocycles.